The van der Waals surface area contributed by atoms with Crippen LogP contribution in [0, 0.1) is 11.6 Å². The molecular formula is C21H19F2NO5. The predicted molar refractivity (Wildman–Crippen MR) is 104 cm³/mol. The van der Waals surface area contributed by atoms with Crippen LogP contribution in [-0.4, -0.2) is 32.2 Å². The lowest BCUT2D eigenvalue weighted by Gasteiger charge is -2.09. The molecule has 0 fully saturated rings. The van der Waals surface area contributed by atoms with Gasteiger partial charge in [-0.25, -0.2) is 13.6 Å². The first-order chi connectivity index (χ1) is 13.9. The number of esters is 1. The summed E-state index contributed by atoms with van der Waals surface area (Å²) < 4.78 is 42.4. The summed E-state index contributed by atoms with van der Waals surface area (Å²) in [6.07, 6.45) is 4.16. The third-order valence-electron chi connectivity index (χ3n) is 3.53. The summed E-state index contributed by atoms with van der Waals surface area (Å²) >= 11 is 0. The molecule has 0 aliphatic carbocycles. The number of carbonyl (C=O) groups is 2. The van der Waals surface area contributed by atoms with E-state index in [1.54, 1.807) is 24.3 Å². The van der Waals surface area contributed by atoms with Crippen molar-refractivity contribution in [3.05, 3.63) is 72.3 Å². The van der Waals surface area contributed by atoms with E-state index in [1.165, 1.54) is 13.2 Å². The molecule has 6 nitrogen and oxygen atoms in total. The largest absolute Gasteiger partial charge is 0.493 e. The number of methoxy groups -OCH3 is 1. The molecule has 0 unspecified atom stereocenters. The number of halogens is 2. The highest BCUT2D eigenvalue weighted by Gasteiger charge is 2.13. The number of anilines is 1. The van der Waals surface area contributed by atoms with Crippen LogP contribution in [0.5, 0.6) is 11.5 Å². The van der Waals surface area contributed by atoms with Gasteiger partial charge >= 0.3 is 5.97 Å². The van der Waals surface area contributed by atoms with Crippen LogP contribution in [0.1, 0.15) is 5.56 Å². The topological polar surface area (TPSA) is 73.9 Å². The van der Waals surface area contributed by atoms with Crippen LogP contribution >= 0.6 is 0 Å². The normalized spacial score (nSPS) is 10.4. The molecule has 1 amide bonds. The van der Waals surface area contributed by atoms with E-state index in [0.29, 0.717) is 23.7 Å². The summed E-state index contributed by atoms with van der Waals surface area (Å²) in [7, 11) is 1.48. The summed E-state index contributed by atoms with van der Waals surface area (Å²) in [5.41, 5.74) is 0.0255. The van der Waals surface area contributed by atoms with E-state index in [0.717, 1.165) is 24.3 Å². The van der Waals surface area contributed by atoms with Gasteiger partial charge in [-0.2, -0.15) is 0 Å². The first-order valence-electron chi connectivity index (χ1n) is 8.45. The molecule has 0 aromatic heterocycles. The van der Waals surface area contributed by atoms with Gasteiger partial charge in [0, 0.05) is 6.08 Å². The van der Waals surface area contributed by atoms with Crippen molar-refractivity contribution in [2.45, 2.75) is 0 Å². The fraction of sp³-hybridized carbons (Fsp3) is 0.143. The van der Waals surface area contributed by atoms with Gasteiger partial charge in [-0.1, -0.05) is 24.8 Å². The van der Waals surface area contributed by atoms with E-state index < -0.39 is 35.8 Å². The van der Waals surface area contributed by atoms with Gasteiger partial charge in [-0.15, -0.1) is 0 Å². The molecule has 0 radical (unpaired) electrons. The average Bonchev–Trinajstić information content (AvgIpc) is 2.72. The SMILES string of the molecule is C=CCOc1ccc(/C=C/C(=O)OCC(=O)Nc2c(F)cccc2F)cc1OC. The van der Waals surface area contributed by atoms with Crippen molar-refractivity contribution in [1.29, 1.82) is 0 Å². The van der Waals surface area contributed by atoms with Gasteiger partial charge < -0.3 is 19.5 Å². The summed E-state index contributed by atoms with van der Waals surface area (Å²) in [6.45, 7) is 3.18. The maximum Gasteiger partial charge on any atom is 0.331 e. The summed E-state index contributed by atoms with van der Waals surface area (Å²) in [6, 6.07) is 8.17. The number of nitrogens with one attached hydrogen (secondary N) is 1. The predicted octanol–water partition coefficient (Wildman–Crippen LogP) is 3.73. The smallest absolute Gasteiger partial charge is 0.331 e. The van der Waals surface area contributed by atoms with Crippen LogP contribution in [0.3, 0.4) is 0 Å². The number of hydrogen-bond acceptors (Lipinski definition) is 5. The van der Waals surface area contributed by atoms with E-state index >= 15 is 0 Å². The van der Waals surface area contributed by atoms with Crippen LogP contribution in [0.2, 0.25) is 0 Å². The Morgan fingerprint density at radius 1 is 1.14 bits per heavy atom. The van der Waals surface area contributed by atoms with Gasteiger partial charge in [0.2, 0.25) is 0 Å². The number of hydrogen-bond donors (Lipinski definition) is 1. The number of amides is 1. The van der Waals surface area contributed by atoms with Crippen LogP contribution < -0.4 is 14.8 Å². The first kappa shape index (κ1) is 21.6. The lowest BCUT2D eigenvalue weighted by atomic mass is 10.2. The number of carbonyl (C=O) groups excluding carboxylic acids is 2. The van der Waals surface area contributed by atoms with Gasteiger partial charge in [0.25, 0.3) is 5.91 Å². The zero-order chi connectivity index (χ0) is 21.2. The molecule has 0 saturated heterocycles. The molecule has 0 bridgehead atoms. The molecule has 2 aromatic rings. The summed E-state index contributed by atoms with van der Waals surface area (Å²) in [5.74, 6) is -2.56. The summed E-state index contributed by atoms with van der Waals surface area (Å²) in [4.78, 5) is 23.5. The molecule has 1 N–H and O–H groups in total. The Labute approximate surface area is 166 Å². The Bertz CT molecular complexity index is 907. The van der Waals surface area contributed by atoms with Crippen molar-refractivity contribution in [3.63, 3.8) is 0 Å². The Morgan fingerprint density at radius 2 is 1.86 bits per heavy atom. The lowest BCUT2D eigenvalue weighted by molar-refractivity contribution is -0.142. The second-order valence-electron chi connectivity index (χ2n) is 5.60. The van der Waals surface area contributed by atoms with E-state index in [1.807, 2.05) is 5.32 Å². The van der Waals surface area contributed by atoms with E-state index in [-0.39, 0.29) is 0 Å². The van der Waals surface area contributed by atoms with Gasteiger partial charge in [-0.05, 0) is 35.9 Å². The van der Waals surface area contributed by atoms with Crippen molar-refractivity contribution < 1.29 is 32.6 Å². The van der Waals surface area contributed by atoms with Gasteiger partial charge in [0.05, 0.1) is 7.11 Å². The molecule has 0 aliphatic rings. The van der Waals surface area contributed by atoms with Crippen molar-refractivity contribution in [2.75, 3.05) is 25.6 Å². The Balaban J connectivity index is 1.91. The molecule has 0 spiro atoms. The minimum absolute atomic E-state index is 0.316. The Hall–Kier alpha value is -3.68. The third kappa shape index (κ3) is 6.46. The molecule has 2 rings (SSSR count). The van der Waals surface area contributed by atoms with E-state index in [2.05, 4.69) is 6.58 Å². The molecule has 0 atom stereocenters. The van der Waals surface area contributed by atoms with Crippen LogP contribution in [0.4, 0.5) is 14.5 Å². The lowest BCUT2D eigenvalue weighted by Crippen LogP contribution is -2.21. The highest BCUT2D eigenvalue weighted by molar-refractivity contribution is 5.94. The molecule has 29 heavy (non-hydrogen) atoms. The van der Waals surface area contributed by atoms with Crippen molar-refractivity contribution in [2.24, 2.45) is 0 Å². The monoisotopic (exact) mass is 403 g/mol. The van der Waals surface area contributed by atoms with Crippen molar-refractivity contribution >= 4 is 23.6 Å². The fourth-order valence-corrected chi connectivity index (χ4v) is 2.20. The standard InChI is InChI=1S/C21H19F2NO5/c1-3-11-28-17-9-7-14(12-18(17)27-2)8-10-20(26)29-13-19(25)24-21-15(22)5-4-6-16(21)23/h3-10,12H,1,11,13H2,2H3,(H,24,25)/b10-8+. The molecule has 0 aliphatic heterocycles. The highest BCUT2D eigenvalue weighted by atomic mass is 19.1. The van der Waals surface area contributed by atoms with Crippen molar-refractivity contribution in [3.8, 4) is 11.5 Å². The molecular weight excluding hydrogens is 384 g/mol. The maximum absolute atomic E-state index is 13.5. The van der Waals surface area contributed by atoms with Gasteiger partial charge in [0.15, 0.2) is 18.1 Å². The molecule has 8 heteroatoms. The third-order valence-corrected chi connectivity index (χ3v) is 3.53. The zero-order valence-corrected chi connectivity index (χ0v) is 15.6. The maximum atomic E-state index is 13.5. The second kappa shape index (κ2) is 10.6. The number of para-hydroxylation sites is 1. The number of benzene rings is 2. The van der Waals surface area contributed by atoms with Crippen molar-refractivity contribution in [1.82, 2.24) is 0 Å². The number of ether oxygens (including phenoxy) is 3. The van der Waals surface area contributed by atoms with Gasteiger partial charge in [-0.3, -0.25) is 4.79 Å². The summed E-state index contributed by atoms with van der Waals surface area (Å²) in [5, 5.41) is 2.02. The average molecular weight is 403 g/mol. The quantitative estimate of drug-likeness (QED) is 0.392. The zero-order valence-electron chi connectivity index (χ0n) is 15.6. The molecule has 0 heterocycles. The van der Waals surface area contributed by atoms with Crippen LogP contribution in [0.25, 0.3) is 6.08 Å². The van der Waals surface area contributed by atoms with Crippen LogP contribution in [0.15, 0.2) is 55.1 Å². The Morgan fingerprint density at radius 3 is 2.52 bits per heavy atom. The second-order valence-corrected chi connectivity index (χ2v) is 5.60. The minimum Gasteiger partial charge on any atom is -0.493 e. The molecule has 152 valence electrons. The van der Waals surface area contributed by atoms with E-state index in [9.17, 15) is 18.4 Å². The van der Waals surface area contributed by atoms with Crippen LogP contribution in [-0.2, 0) is 14.3 Å². The number of rotatable bonds is 9. The van der Waals surface area contributed by atoms with Gasteiger partial charge in [0.1, 0.15) is 23.9 Å². The first-order valence-corrected chi connectivity index (χ1v) is 8.45. The molecule has 0 saturated carbocycles. The Kier molecular flexibility index (Phi) is 7.90. The fourth-order valence-electron chi connectivity index (χ4n) is 2.20. The van der Waals surface area contributed by atoms with E-state index in [4.69, 9.17) is 14.2 Å². The molecule has 2 aromatic carbocycles. The minimum atomic E-state index is -0.931. The highest BCUT2D eigenvalue weighted by Crippen LogP contribution is 2.28.